The summed E-state index contributed by atoms with van der Waals surface area (Å²) in [4.78, 5) is 22.6. The fourth-order valence-corrected chi connectivity index (χ4v) is 2.36. The Bertz CT molecular complexity index is 742. The van der Waals surface area contributed by atoms with E-state index < -0.39 is 5.97 Å². The van der Waals surface area contributed by atoms with Crippen LogP contribution in [0.2, 0.25) is 0 Å². The standard InChI is InChI=1S/C17H21N3O5/c1-24-13-7-6-12(14(10-13)25-2)4-3-5-16(21)18-15-8-9-20(19-15)11-17(22)23/h6-10H,3-5,11H2,1-2H3,(H,22,23)(H,18,19,21). The lowest BCUT2D eigenvalue weighted by Crippen LogP contribution is -2.13. The van der Waals surface area contributed by atoms with Gasteiger partial charge in [0.15, 0.2) is 5.82 Å². The van der Waals surface area contributed by atoms with Crippen molar-refractivity contribution in [3.8, 4) is 11.5 Å². The Balaban J connectivity index is 1.82. The van der Waals surface area contributed by atoms with Crippen molar-refractivity contribution in [2.45, 2.75) is 25.8 Å². The molecule has 25 heavy (non-hydrogen) atoms. The lowest BCUT2D eigenvalue weighted by Gasteiger charge is -2.10. The highest BCUT2D eigenvalue weighted by Crippen LogP contribution is 2.25. The normalized spacial score (nSPS) is 10.3. The quantitative estimate of drug-likeness (QED) is 0.719. The number of aryl methyl sites for hydroxylation is 1. The minimum Gasteiger partial charge on any atom is -0.497 e. The summed E-state index contributed by atoms with van der Waals surface area (Å²) in [5.74, 6) is 0.623. The highest BCUT2D eigenvalue weighted by Gasteiger charge is 2.09. The summed E-state index contributed by atoms with van der Waals surface area (Å²) in [5, 5.41) is 15.3. The fourth-order valence-electron chi connectivity index (χ4n) is 2.36. The molecule has 0 spiro atoms. The van der Waals surface area contributed by atoms with Gasteiger partial charge in [-0.25, -0.2) is 0 Å². The van der Waals surface area contributed by atoms with Crippen molar-refractivity contribution < 1.29 is 24.2 Å². The molecule has 1 heterocycles. The van der Waals surface area contributed by atoms with Crippen molar-refractivity contribution in [3.05, 3.63) is 36.0 Å². The SMILES string of the molecule is COc1ccc(CCCC(=O)Nc2ccn(CC(=O)O)n2)c(OC)c1. The molecule has 1 aromatic heterocycles. The number of amides is 1. The Hall–Kier alpha value is -3.03. The number of rotatable bonds is 9. The van der Waals surface area contributed by atoms with Crippen molar-refractivity contribution in [1.29, 1.82) is 0 Å². The number of carbonyl (C=O) groups excluding carboxylic acids is 1. The molecule has 1 amide bonds. The first-order valence-corrected chi connectivity index (χ1v) is 7.78. The maximum atomic E-state index is 12.0. The summed E-state index contributed by atoms with van der Waals surface area (Å²) >= 11 is 0. The van der Waals surface area contributed by atoms with Crippen molar-refractivity contribution in [1.82, 2.24) is 9.78 Å². The number of hydrogen-bond donors (Lipinski definition) is 2. The summed E-state index contributed by atoms with van der Waals surface area (Å²) in [6, 6.07) is 7.15. The van der Waals surface area contributed by atoms with Gasteiger partial charge in [-0.05, 0) is 24.5 Å². The zero-order valence-electron chi connectivity index (χ0n) is 14.2. The topological polar surface area (TPSA) is 103 Å². The number of hydrogen-bond acceptors (Lipinski definition) is 5. The van der Waals surface area contributed by atoms with Crippen LogP contribution in [0.25, 0.3) is 0 Å². The van der Waals surface area contributed by atoms with Crippen LogP contribution >= 0.6 is 0 Å². The smallest absolute Gasteiger partial charge is 0.325 e. The van der Waals surface area contributed by atoms with Gasteiger partial charge in [0.1, 0.15) is 18.0 Å². The van der Waals surface area contributed by atoms with Crippen LogP contribution in [-0.4, -0.2) is 41.0 Å². The monoisotopic (exact) mass is 347 g/mol. The molecule has 8 heteroatoms. The molecule has 0 unspecified atom stereocenters. The number of anilines is 1. The number of methoxy groups -OCH3 is 2. The molecule has 134 valence electrons. The summed E-state index contributed by atoms with van der Waals surface area (Å²) < 4.78 is 11.7. The number of aliphatic carboxylic acids is 1. The highest BCUT2D eigenvalue weighted by molar-refractivity contribution is 5.89. The van der Waals surface area contributed by atoms with Crippen molar-refractivity contribution in [2.24, 2.45) is 0 Å². The van der Waals surface area contributed by atoms with Crippen LogP contribution in [0.1, 0.15) is 18.4 Å². The van der Waals surface area contributed by atoms with E-state index >= 15 is 0 Å². The lowest BCUT2D eigenvalue weighted by molar-refractivity contribution is -0.137. The van der Waals surface area contributed by atoms with Gasteiger partial charge in [0.25, 0.3) is 0 Å². The van der Waals surface area contributed by atoms with Crippen LogP contribution in [0.3, 0.4) is 0 Å². The summed E-state index contributed by atoms with van der Waals surface area (Å²) in [6.45, 7) is -0.243. The Morgan fingerprint density at radius 3 is 2.72 bits per heavy atom. The zero-order chi connectivity index (χ0) is 18.2. The van der Waals surface area contributed by atoms with Crippen LogP contribution in [0.15, 0.2) is 30.5 Å². The second kappa shape index (κ2) is 8.72. The third-order valence-electron chi connectivity index (χ3n) is 3.55. The van der Waals surface area contributed by atoms with E-state index in [1.54, 1.807) is 20.3 Å². The van der Waals surface area contributed by atoms with Crippen molar-refractivity contribution in [3.63, 3.8) is 0 Å². The molecule has 0 aliphatic rings. The van der Waals surface area contributed by atoms with E-state index in [1.165, 1.54) is 10.9 Å². The predicted molar refractivity (Wildman–Crippen MR) is 91.0 cm³/mol. The van der Waals surface area contributed by atoms with Gasteiger partial charge in [0.05, 0.1) is 14.2 Å². The summed E-state index contributed by atoms with van der Waals surface area (Å²) in [6.07, 6.45) is 3.16. The predicted octanol–water partition coefficient (Wildman–Crippen LogP) is 1.95. The van der Waals surface area contributed by atoms with Gasteiger partial charge in [-0.3, -0.25) is 14.3 Å². The average molecular weight is 347 g/mol. The molecule has 2 aromatic rings. The number of aromatic nitrogens is 2. The summed E-state index contributed by atoms with van der Waals surface area (Å²) in [7, 11) is 3.19. The van der Waals surface area contributed by atoms with Crippen LogP contribution in [0.5, 0.6) is 11.5 Å². The molecular weight excluding hydrogens is 326 g/mol. The fraction of sp³-hybridized carbons (Fsp3) is 0.353. The van der Waals surface area contributed by atoms with Crippen LogP contribution in [0, 0.1) is 0 Å². The number of nitrogens with zero attached hydrogens (tertiary/aromatic N) is 2. The molecule has 8 nitrogen and oxygen atoms in total. The Morgan fingerprint density at radius 1 is 1.24 bits per heavy atom. The van der Waals surface area contributed by atoms with Gasteiger partial charge in [-0.1, -0.05) is 6.07 Å². The molecule has 0 saturated heterocycles. The molecule has 0 aliphatic carbocycles. The number of ether oxygens (including phenoxy) is 2. The first-order valence-electron chi connectivity index (χ1n) is 7.78. The van der Waals surface area contributed by atoms with E-state index in [1.807, 2.05) is 18.2 Å². The maximum Gasteiger partial charge on any atom is 0.325 e. The molecule has 2 N–H and O–H groups in total. The van der Waals surface area contributed by atoms with E-state index in [4.69, 9.17) is 14.6 Å². The van der Waals surface area contributed by atoms with Gasteiger partial charge < -0.3 is 19.9 Å². The van der Waals surface area contributed by atoms with E-state index in [-0.39, 0.29) is 12.5 Å². The van der Waals surface area contributed by atoms with Crippen LogP contribution in [0.4, 0.5) is 5.82 Å². The van der Waals surface area contributed by atoms with Gasteiger partial charge in [0, 0.05) is 24.8 Å². The Labute approximate surface area is 145 Å². The van der Waals surface area contributed by atoms with Crippen LogP contribution < -0.4 is 14.8 Å². The number of carboxylic acids is 1. The minimum atomic E-state index is -0.991. The van der Waals surface area contributed by atoms with E-state index in [0.29, 0.717) is 25.1 Å². The second-order valence-electron chi connectivity index (χ2n) is 5.37. The Kier molecular flexibility index (Phi) is 6.39. The van der Waals surface area contributed by atoms with Gasteiger partial charge in [-0.15, -0.1) is 0 Å². The van der Waals surface area contributed by atoms with E-state index in [0.717, 1.165) is 17.1 Å². The van der Waals surface area contributed by atoms with Crippen LogP contribution in [-0.2, 0) is 22.6 Å². The third kappa shape index (κ3) is 5.52. The molecule has 0 radical (unpaired) electrons. The number of nitrogens with one attached hydrogen (secondary N) is 1. The summed E-state index contributed by atoms with van der Waals surface area (Å²) in [5.41, 5.74) is 1.00. The van der Waals surface area contributed by atoms with Gasteiger partial charge in [-0.2, -0.15) is 5.10 Å². The van der Waals surface area contributed by atoms with Crippen molar-refractivity contribution in [2.75, 3.05) is 19.5 Å². The second-order valence-corrected chi connectivity index (χ2v) is 5.37. The number of carbonyl (C=O) groups is 2. The average Bonchev–Trinajstić information content (AvgIpc) is 3.01. The maximum absolute atomic E-state index is 12.0. The molecule has 0 fully saturated rings. The molecule has 0 aliphatic heterocycles. The zero-order valence-corrected chi connectivity index (χ0v) is 14.2. The molecule has 0 bridgehead atoms. The van der Waals surface area contributed by atoms with E-state index in [2.05, 4.69) is 10.4 Å². The highest BCUT2D eigenvalue weighted by atomic mass is 16.5. The molecule has 1 aromatic carbocycles. The van der Waals surface area contributed by atoms with Gasteiger partial charge in [0.2, 0.25) is 5.91 Å². The molecule has 2 rings (SSSR count). The van der Waals surface area contributed by atoms with E-state index in [9.17, 15) is 9.59 Å². The molecule has 0 atom stereocenters. The number of carboxylic acid groups (broad SMARTS) is 1. The largest absolute Gasteiger partial charge is 0.497 e. The molecule has 0 saturated carbocycles. The van der Waals surface area contributed by atoms with Crippen molar-refractivity contribution >= 4 is 17.7 Å². The third-order valence-corrected chi connectivity index (χ3v) is 3.55. The number of benzene rings is 1. The Morgan fingerprint density at radius 2 is 2.04 bits per heavy atom. The first-order chi connectivity index (χ1) is 12.0. The minimum absolute atomic E-state index is 0.173. The molecular formula is C17H21N3O5. The van der Waals surface area contributed by atoms with Gasteiger partial charge >= 0.3 is 5.97 Å². The first kappa shape index (κ1) is 18.3. The lowest BCUT2D eigenvalue weighted by atomic mass is 10.1.